The lowest BCUT2D eigenvalue weighted by Gasteiger charge is -2.28. The van der Waals surface area contributed by atoms with Gasteiger partial charge in [-0.05, 0) is 18.1 Å². The minimum absolute atomic E-state index is 0.0825. The van der Waals surface area contributed by atoms with Crippen molar-refractivity contribution >= 4 is 11.8 Å². The summed E-state index contributed by atoms with van der Waals surface area (Å²) in [6, 6.07) is 11.8. The van der Waals surface area contributed by atoms with Crippen molar-refractivity contribution in [3.8, 4) is 0 Å². The van der Waals surface area contributed by atoms with Gasteiger partial charge in [0.25, 0.3) is 5.91 Å². The number of rotatable bonds is 2. The molecular weight excluding hydrogens is 316 g/mol. The zero-order valence-electron chi connectivity index (χ0n) is 14.1. The van der Waals surface area contributed by atoms with Crippen molar-refractivity contribution in [3.63, 3.8) is 0 Å². The van der Waals surface area contributed by atoms with Gasteiger partial charge in [-0.3, -0.25) is 9.59 Å². The molecule has 1 aromatic carbocycles. The summed E-state index contributed by atoms with van der Waals surface area (Å²) in [6.07, 6.45) is 3.69. The van der Waals surface area contributed by atoms with Crippen LogP contribution in [-0.2, 0) is 4.79 Å². The van der Waals surface area contributed by atoms with E-state index in [1.807, 2.05) is 25.2 Å². The van der Waals surface area contributed by atoms with Crippen molar-refractivity contribution in [1.82, 2.24) is 20.0 Å². The fourth-order valence-electron chi connectivity index (χ4n) is 4.24. The van der Waals surface area contributed by atoms with Gasteiger partial charge in [-0.2, -0.15) is 10.2 Å². The molecule has 2 aliphatic rings. The van der Waals surface area contributed by atoms with Crippen molar-refractivity contribution < 1.29 is 9.59 Å². The Labute approximate surface area is 146 Å². The van der Waals surface area contributed by atoms with Crippen LogP contribution in [0.1, 0.15) is 28.3 Å². The Bertz CT molecular complexity index is 796. The summed E-state index contributed by atoms with van der Waals surface area (Å²) in [7, 11) is 1.85. The SMILES string of the molecule is CN1C[C@@H](c2ccccc2)[C@@]2(CCN(C(=O)c3ccnnc3)C2)C1=O. The molecular formula is C19H20N4O2. The number of nitrogens with zero attached hydrogens (tertiary/aromatic N) is 4. The number of likely N-dealkylation sites (N-methyl/N-ethyl adjacent to an activating group) is 1. The first-order valence-corrected chi connectivity index (χ1v) is 8.48. The Balaban J connectivity index is 1.64. The maximum absolute atomic E-state index is 13.0. The predicted molar refractivity (Wildman–Crippen MR) is 91.8 cm³/mol. The lowest BCUT2D eigenvalue weighted by molar-refractivity contribution is -0.134. The van der Waals surface area contributed by atoms with Gasteiger partial charge in [0, 0.05) is 32.6 Å². The first-order chi connectivity index (χ1) is 12.1. The van der Waals surface area contributed by atoms with E-state index in [1.165, 1.54) is 18.0 Å². The summed E-state index contributed by atoms with van der Waals surface area (Å²) in [4.78, 5) is 29.3. The van der Waals surface area contributed by atoms with Crippen LogP contribution in [0.25, 0.3) is 0 Å². The van der Waals surface area contributed by atoms with Crippen LogP contribution in [0.5, 0.6) is 0 Å². The highest BCUT2D eigenvalue weighted by Crippen LogP contribution is 2.49. The van der Waals surface area contributed by atoms with Gasteiger partial charge in [0.1, 0.15) is 0 Å². The third-order valence-corrected chi connectivity index (χ3v) is 5.52. The zero-order valence-corrected chi connectivity index (χ0v) is 14.1. The molecule has 0 aliphatic carbocycles. The van der Waals surface area contributed by atoms with Crippen molar-refractivity contribution in [1.29, 1.82) is 0 Å². The van der Waals surface area contributed by atoms with E-state index < -0.39 is 5.41 Å². The van der Waals surface area contributed by atoms with Crippen molar-refractivity contribution in [2.45, 2.75) is 12.3 Å². The van der Waals surface area contributed by atoms with Crippen molar-refractivity contribution in [2.75, 3.05) is 26.7 Å². The number of aromatic nitrogens is 2. The second kappa shape index (κ2) is 5.95. The van der Waals surface area contributed by atoms with E-state index in [0.29, 0.717) is 31.6 Å². The predicted octanol–water partition coefficient (Wildman–Crippen LogP) is 1.56. The van der Waals surface area contributed by atoms with Gasteiger partial charge < -0.3 is 9.80 Å². The highest BCUT2D eigenvalue weighted by molar-refractivity contribution is 5.95. The topological polar surface area (TPSA) is 66.4 Å². The van der Waals surface area contributed by atoms with E-state index in [4.69, 9.17) is 0 Å². The largest absolute Gasteiger partial charge is 0.345 e. The molecule has 2 amide bonds. The van der Waals surface area contributed by atoms with Crippen LogP contribution >= 0.6 is 0 Å². The Kier molecular flexibility index (Phi) is 3.75. The number of likely N-dealkylation sites (tertiary alicyclic amines) is 2. The molecule has 1 aromatic heterocycles. The molecule has 2 aromatic rings. The van der Waals surface area contributed by atoms with Crippen LogP contribution in [0, 0.1) is 5.41 Å². The molecule has 6 nitrogen and oxygen atoms in total. The summed E-state index contributed by atoms with van der Waals surface area (Å²) in [5, 5.41) is 7.50. The van der Waals surface area contributed by atoms with E-state index in [2.05, 4.69) is 22.3 Å². The lowest BCUT2D eigenvalue weighted by Crippen LogP contribution is -2.39. The first-order valence-electron chi connectivity index (χ1n) is 8.48. The van der Waals surface area contributed by atoms with Crippen LogP contribution in [-0.4, -0.2) is 58.5 Å². The maximum atomic E-state index is 13.0. The number of amides is 2. The van der Waals surface area contributed by atoms with E-state index in [1.54, 1.807) is 15.9 Å². The van der Waals surface area contributed by atoms with Crippen LogP contribution in [0.15, 0.2) is 48.8 Å². The number of hydrogen-bond acceptors (Lipinski definition) is 4. The number of carbonyl (C=O) groups excluding carboxylic acids is 2. The molecule has 128 valence electrons. The highest BCUT2D eigenvalue weighted by Gasteiger charge is 2.57. The standard InChI is InChI=1S/C19H20N4O2/c1-22-12-16(14-5-3-2-4-6-14)19(18(22)25)8-10-23(13-19)17(24)15-7-9-20-21-11-15/h2-7,9,11,16H,8,10,12-13H2,1H3/t16-,19-/m0/s1. The fraction of sp³-hybridized carbons (Fsp3) is 0.368. The molecule has 3 heterocycles. The van der Waals surface area contributed by atoms with Crippen LogP contribution in [0.4, 0.5) is 0 Å². The third kappa shape index (κ3) is 2.49. The molecule has 4 rings (SSSR count). The van der Waals surface area contributed by atoms with E-state index in [9.17, 15) is 9.59 Å². The van der Waals surface area contributed by atoms with Crippen molar-refractivity contribution in [2.24, 2.45) is 5.41 Å². The molecule has 2 fully saturated rings. The minimum Gasteiger partial charge on any atom is -0.345 e. The molecule has 0 radical (unpaired) electrons. The lowest BCUT2D eigenvalue weighted by atomic mass is 9.73. The molecule has 2 aliphatic heterocycles. The molecule has 0 unspecified atom stereocenters. The molecule has 0 bridgehead atoms. The summed E-state index contributed by atoms with van der Waals surface area (Å²) < 4.78 is 0. The molecule has 0 saturated carbocycles. The molecule has 2 atom stereocenters. The van der Waals surface area contributed by atoms with E-state index in [0.717, 1.165) is 0 Å². The second-order valence-corrected chi connectivity index (χ2v) is 6.91. The van der Waals surface area contributed by atoms with Gasteiger partial charge in [0.05, 0.1) is 23.4 Å². The Morgan fingerprint density at radius 2 is 2.00 bits per heavy atom. The first kappa shape index (κ1) is 15.7. The number of benzene rings is 1. The van der Waals surface area contributed by atoms with Crippen LogP contribution < -0.4 is 0 Å². The quantitative estimate of drug-likeness (QED) is 0.835. The Morgan fingerprint density at radius 3 is 2.72 bits per heavy atom. The molecule has 6 heteroatoms. The maximum Gasteiger partial charge on any atom is 0.255 e. The van der Waals surface area contributed by atoms with Gasteiger partial charge >= 0.3 is 0 Å². The Morgan fingerprint density at radius 1 is 1.20 bits per heavy atom. The second-order valence-electron chi connectivity index (χ2n) is 6.91. The van der Waals surface area contributed by atoms with E-state index in [-0.39, 0.29) is 17.7 Å². The fourth-order valence-corrected chi connectivity index (χ4v) is 4.24. The molecule has 25 heavy (non-hydrogen) atoms. The average molecular weight is 336 g/mol. The van der Waals surface area contributed by atoms with Crippen LogP contribution in [0.3, 0.4) is 0 Å². The average Bonchev–Trinajstić information content (AvgIpc) is 3.21. The molecule has 0 N–H and O–H groups in total. The molecule has 2 saturated heterocycles. The van der Waals surface area contributed by atoms with Crippen molar-refractivity contribution in [3.05, 3.63) is 59.9 Å². The van der Waals surface area contributed by atoms with Gasteiger partial charge in [-0.15, -0.1) is 0 Å². The smallest absolute Gasteiger partial charge is 0.255 e. The summed E-state index contributed by atoms with van der Waals surface area (Å²) in [5.41, 5.74) is 1.16. The van der Waals surface area contributed by atoms with E-state index >= 15 is 0 Å². The number of hydrogen-bond donors (Lipinski definition) is 0. The highest BCUT2D eigenvalue weighted by atomic mass is 16.2. The third-order valence-electron chi connectivity index (χ3n) is 5.52. The van der Waals surface area contributed by atoms with Gasteiger partial charge in [-0.1, -0.05) is 30.3 Å². The van der Waals surface area contributed by atoms with Gasteiger partial charge in [-0.25, -0.2) is 0 Å². The Hall–Kier alpha value is -2.76. The normalized spacial score (nSPS) is 25.8. The number of carbonyl (C=O) groups is 2. The minimum atomic E-state index is -0.522. The molecule has 1 spiro atoms. The van der Waals surface area contributed by atoms with Crippen LogP contribution in [0.2, 0.25) is 0 Å². The zero-order chi connectivity index (χ0) is 17.4. The summed E-state index contributed by atoms with van der Waals surface area (Å²) >= 11 is 0. The van der Waals surface area contributed by atoms with Gasteiger partial charge in [0.15, 0.2) is 0 Å². The monoisotopic (exact) mass is 336 g/mol. The summed E-state index contributed by atoms with van der Waals surface area (Å²) in [6.45, 7) is 1.74. The summed E-state index contributed by atoms with van der Waals surface area (Å²) in [5.74, 6) is 0.171. The van der Waals surface area contributed by atoms with Gasteiger partial charge in [0.2, 0.25) is 5.91 Å².